The second-order valence-electron chi connectivity index (χ2n) is 5.71. The summed E-state index contributed by atoms with van der Waals surface area (Å²) in [4.78, 5) is 29.3. The molecule has 0 spiro atoms. The van der Waals surface area contributed by atoms with Gasteiger partial charge in [-0.1, -0.05) is 6.92 Å². The van der Waals surface area contributed by atoms with Crippen molar-refractivity contribution in [2.45, 2.75) is 13.3 Å². The minimum absolute atomic E-state index is 0.0671. The highest BCUT2D eigenvalue weighted by Crippen LogP contribution is 2.18. The van der Waals surface area contributed by atoms with Gasteiger partial charge in [0.2, 0.25) is 5.95 Å². The molecular weight excluding hydrogens is 304 g/mol. The van der Waals surface area contributed by atoms with Gasteiger partial charge in [-0.3, -0.25) is 9.78 Å². The first kappa shape index (κ1) is 16.2. The SMILES string of the molecule is CCCNC(=O)c1cncc(N2CCN(c3ncccn3)CC2)c1. The zero-order chi connectivity index (χ0) is 16.8. The van der Waals surface area contributed by atoms with Gasteiger partial charge in [-0.05, 0) is 18.6 Å². The highest BCUT2D eigenvalue weighted by molar-refractivity contribution is 5.94. The van der Waals surface area contributed by atoms with Gasteiger partial charge in [0.15, 0.2) is 0 Å². The molecule has 3 heterocycles. The lowest BCUT2D eigenvalue weighted by Crippen LogP contribution is -2.47. The van der Waals surface area contributed by atoms with Crippen LogP contribution in [-0.4, -0.2) is 53.6 Å². The van der Waals surface area contributed by atoms with E-state index in [4.69, 9.17) is 0 Å². The lowest BCUT2D eigenvalue weighted by molar-refractivity contribution is 0.0953. The summed E-state index contributed by atoms with van der Waals surface area (Å²) in [6.07, 6.45) is 7.87. The van der Waals surface area contributed by atoms with Crippen LogP contribution in [0.2, 0.25) is 0 Å². The summed E-state index contributed by atoms with van der Waals surface area (Å²) in [5, 5.41) is 2.89. The number of pyridine rings is 1. The topological polar surface area (TPSA) is 74.2 Å². The zero-order valence-corrected chi connectivity index (χ0v) is 13.9. The van der Waals surface area contributed by atoms with Gasteiger partial charge in [-0.15, -0.1) is 0 Å². The third kappa shape index (κ3) is 3.79. The molecule has 0 aromatic carbocycles. The highest BCUT2D eigenvalue weighted by atomic mass is 16.1. The summed E-state index contributed by atoms with van der Waals surface area (Å²) in [7, 11) is 0. The number of nitrogens with zero attached hydrogens (tertiary/aromatic N) is 5. The van der Waals surface area contributed by atoms with Crippen LogP contribution in [0.1, 0.15) is 23.7 Å². The normalized spacial score (nSPS) is 14.5. The Morgan fingerprint density at radius 2 is 1.83 bits per heavy atom. The van der Waals surface area contributed by atoms with Crippen LogP contribution in [0.3, 0.4) is 0 Å². The Bertz CT molecular complexity index is 670. The predicted octanol–water partition coefficient (Wildman–Crippen LogP) is 1.34. The molecular formula is C17H22N6O. The van der Waals surface area contributed by atoms with E-state index in [1.807, 2.05) is 25.3 Å². The Morgan fingerprint density at radius 1 is 1.12 bits per heavy atom. The molecule has 7 nitrogen and oxygen atoms in total. The molecule has 1 fully saturated rings. The van der Waals surface area contributed by atoms with Crippen molar-refractivity contribution >= 4 is 17.5 Å². The van der Waals surface area contributed by atoms with Crippen molar-refractivity contribution in [2.75, 3.05) is 42.5 Å². The van der Waals surface area contributed by atoms with Crippen LogP contribution in [0.5, 0.6) is 0 Å². The third-order valence-electron chi connectivity index (χ3n) is 4.00. The fourth-order valence-corrected chi connectivity index (χ4v) is 2.68. The largest absolute Gasteiger partial charge is 0.367 e. The highest BCUT2D eigenvalue weighted by Gasteiger charge is 2.20. The van der Waals surface area contributed by atoms with Gasteiger partial charge in [0.25, 0.3) is 5.91 Å². The van der Waals surface area contributed by atoms with E-state index in [0.29, 0.717) is 12.1 Å². The van der Waals surface area contributed by atoms with E-state index in [0.717, 1.165) is 44.2 Å². The maximum atomic E-state index is 12.1. The summed E-state index contributed by atoms with van der Waals surface area (Å²) < 4.78 is 0. The smallest absolute Gasteiger partial charge is 0.252 e. The van der Waals surface area contributed by atoms with E-state index in [-0.39, 0.29) is 5.91 Å². The van der Waals surface area contributed by atoms with Crippen molar-refractivity contribution in [2.24, 2.45) is 0 Å². The van der Waals surface area contributed by atoms with Crippen LogP contribution in [0.4, 0.5) is 11.6 Å². The van der Waals surface area contributed by atoms with Gasteiger partial charge in [0.1, 0.15) is 0 Å². The summed E-state index contributed by atoms with van der Waals surface area (Å²) in [5.41, 5.74) is 1.59. The van der Waals surface area contributed by atoms with Crippen molar-refractivity contribution < 1.29 is 4.79 Å². The average Bonchev–Trinajstić information content (AvgIpc) is 2.67. The third-order valence-corrected chi connectivity index (χ3v) is 4.00. The summed E-state index contributed by atoms with van der Waals surface area (Å²) in [5.74, 6) is 0.700. The minimum atomic E-state index is -0.0671. The van der Waals surface area contributed by atoms with Crippen molar-refractivity contribution in [3.8, 4) is 0 Å². The molecule has 126 valence electrons. The number of hydrogen-bond acceptors (Lipinski definition) is 6. The summed E-state index contributed by atoms with van der Waals surface area (Å²) in [6, 6.07) is 3.73. The van der Waals surface area contributed by atoms with E-state index in [2.05, 4.69) is 30.1 Å². The Kier molecular flexibility index (Phi) is 5.20. The zero-order valence-electron chi connectivity index (χ0n) is 13.9. The van der Waals surface area contributed by atoms with E-state index in [1.165, 1.54) is 0 Å². The van der Waals surface area contributed by atoms with Crippen molar-refractivity contribution in [3.05, 3.63) is 42.5 Å². The van der Waals surface area contributed by atoms with Crippen LogP contribution in [0.25, 0.3) is 0 Å². The number of hydrogen-bond donors (Lipinski definition) is 1. The molecule has 0 unspecified atom stereocenters. The molecule has 7 heteroatoms. The summed E-state index contributed by atoms with van der Waals surface area (Å²) >= 11 is 0. The maximum Gasteiger partial charge on any atom is 0.252 e. The fraction of sp³-hybridized carbons (Fsp3) is 0.412. The van der Waals surface area contributed by atoms with Crippen LogP contribution in [0, 0.1) is 0 Å². The number of amides is 1. The van der Waals surface area contributed by atoms with Crippen LogP contribution >= 0.6 is 0 Å². The van der Waals surface area contributed by atoms with Crippen LogP contribution in [0.15, 0.2) is 36.9 Å². The summed E-state index contributed by atoms with van der Waals surface area (Å²) in [6.45, 7) is 6.09. The van der Waals surface area contributed by atoms with E-state index in [9.17, 15) is 4.79 Å². The van der Waals surface area contributed by atoms with Crippen molar-refractivity contribution in [3.63, 3.8) is 0 Å². The van der Waals surface area contributed by atoms with Crippen molar-refractivity contribution in [1.82, 2.24) is 20.3 Å². The quantitative estimate of drug-likeness (QED) is 0.894. The molecule has 0 saturated carbocycles. The molecule has 2 aromatic rings. The number of nitrogens with one attached hydrogen (secondary N) is 1. The number of rotatable bonds is 5. The first-order chi connectivity index (χ1) is 11.8. The van der Waals surface area contributed by atoms with Crippen molar-refractivity contribution in [1.29, 1.82) is 0 Å². The van der Waals surface area contributed by atoms with Gasteiger partial charge in [0, 0.05) is 51.3 Å². The lowest BCUT2D eigenvalue weighted by Gasteiger charge is -2.35. The molecule has 0 aliphatic carbocycles. The Morgan fingerprint density at radius 3 is 2.54 bits per heavy atom. The number of carbonyl (C=O) groups is 1. The molecule has 0 radical (unpaired) electrons. The van der Waals surface area contributed by atoms with Gasteiger partial charge in [-0.25, -0.2) is 9.97 Å². The average molecular weight is 326 g/mol. The van der Waals surface area contributed by atoms with Crippen LogP contribution in [-0.2, 0) is 0 Å². The van der Waals surface area contributed by atoms with Gasteiger partial charge >= 0.3 is 0 Å². The molecule has 1 N–H and O–H groups in total. The molecule has 1 amide bonds. The molecule has 3 rings (SSSR count). The first-order valence-corrected chi connectivity index (χ1v) is 8.28. The second kappa shape index (κ2) is 7.72. The van der Waals surface area contributed by atoms with Gasteiger partial charge < -0.3 is 15.1 Å². The Labute approximate surface area is 141 Å². The molecule has 1 saturated heterocycles. The molecule has 24 heavy (non-hydrogen) atoms. The molecule has 0 bridgehead atoms. The standard InChI is InChI=1S/C17H22N6O/c1-2-4-19-16(24)14-11-15(13-18-12-14)22-7-9-23(10-8-22)17-20-5-3-6-21-17/h3,5-6,11-13H,2,4,7-10H2,1H3,(H,19,24). The van der Waals surface area contributed by atoms with E-state index >= 15 is 0 Å². The first-order valence-electron chi connectivity index (χ1n) is 8.28. The number of aromatic nitrogens is 3. The molecule has 1 aliphatic heterocycles. The monoisotopic (exact) mass is 326 g/mol. The second-order valence-corrected chi connectivity index (χ2v) is 5.71. The molecule has 1 aliphatic rings. The molecule has 0 atom stereocenters. The minimum Gasteiger partial charge on any atom is -0.367 e. The Balaban J connectivity index is 1.63. The Hall–Kier alpha value is -2.70. The predicted molar refractivity (Wildman–Crippen MR) is 93.3 cm³/mol. The maximum absolute atomic E-state index is 12.1. The van der Waals surface area contributed by atoms with E-state index in [1.54, 1.807) is 18.6 Å². The van der Waals surface area contributed by atoms with Gasteiger partial charge in [-0.2, -0.15) is 0 Å². The fourth-order valence-electron chi connectivity index (χ4n) is 2.68. The lowest BCUT2D eigenvalue weighted by atomic mass is 10.2. The van der Waals surface area contributed by atoms with E-state index < -0.39 is 0 Å². The number of anilines is 2. The number of carbonyl (C=O) groups excluding carboxylic acids is 1. The van der Waals surface area contributed by atoms with Gasteiger partial charge in [0.05, 0.1) is 17.4 Å². The molecule has 2 aromatic heterocycles. The van der Waals surface area contributed by atoms with Crippen LogP contribution < -0.4 is 15.1 Å². The number of piperazine rings is 1.